The Labute approximate surface area is 141 Å². The zero-order valence-corrected chi connectivity index (χ0v) is 13.7. The Morgan fingerprint density at radius 2 is 1.52 bits per heavy atom. The number of hydrogen-bond acceptors (Lipinski definition) is 4. The second kappa shape index (κ2) is 6.03. The largest absolute Gasteiger partial charge is 0.502 e. The molecule has 1 heterocycles. The van der Waals surface area contributed by atoms with Crippen molar-refractivity contribution in [1.29, 1.82) is 0 Å². The van der Waals surface area contributed by atoms with Crippen molar-refractivity contribution >= 4 is 9.84 Å². The van der Waals surface area contributed by atoms with Gasteiger partial charge in [-0.2, -0.15) is 13.2 Å². The van der Waals surface area contributed by atoms with Crippen LogP contribution in [0.15, 0.2) is 64.0 Å². The van der Waals surface area contributed by atoms with E-state index in [0.29, 0.717) is 0 Å². The van der Waals surface area contributed by atoms with Gasteiger partial charge in [-0.1, -0.05) is 65.3 Å². The molecular weight excluding hydrogens is 355 g/mol. The molecule has 3 aromatic rings. The van der Waals surface area contributed by atoms with Gasteiger partial charge in [0.25, 0.3) is 9.84 Å². The zero-order chi connectivity index (χ0) is 18.2. The van der Waals surface area contributed by atoms with E-state index in [9.17, 15) is 21.6 Å². The molecule has 0 N–H and O–H groups in total. The number of halogens is 3. The third-order valence-corrected chi connectivity index (χ3v) is 5.11. The molecule has 25 heavy (non-hydrogen) atoms. The maximum atomic E-state index is 13.2. The van der Waals surface area contributed by atoms with Crippen LogP contribution in [-0.4, -0.2) is 19.1 Å². The highest BCUT2D eigenvalue weighted by Gasteiger charge is 2.51. The van der Waals surface area contributed by atoms with E-state index in [1.807, 2.05) is 0 Å². The first-order chi connectivity index (χ1) is 11.7. The van der Waals surface area contributed by atoms with Gasteiger partial charge in [0, 0.05) is 11.1 Å². The van der Waals surface area contributed by atoms with E-state index in [1.165, 1.54) is 24.3 Å². The molecule has 0 amide bonds. The number of aromatic nitrogens is 1. The molecule has 3 rings (SSSR count). The third-order valence-electron chi connectivity index (χ3n) is 3.58. The summed E-state index contributed by atoms with van der Waals surface area (Å²) in [5.41, 5.74) is -4.55. The number of aryl methyl sites for hydroxylation is 1. The van der Waals surface area contributed by atoms with Gasteiger partial charge in [-0.15, -0.1) is 0 Å². The van der Waals surface area contributed by atoms with E-state index in [2.05, 4.69) is 5.16 Å². The van der Waals surface area contributed by atoms with E-state index >= 15 is 0 Å². The van der Waals surface area contributed by atoms with E-state index in [1.54, 1.807) is 37.3 Å². The monoisotopic (exact) mass is 367 g/mol. The van der Waals surface area contributed by atoms with Crippen molar-refractivity contribution in [3.05, 3.63) is 60.2 Å². The molecular formula is C17H12F3NO3S. The number of rotatable bonds is 3. The van der Waals surface area contributed by atoms with Crippen molar-refractivity contribution in [2.45, 2.75) is 17.3 Å². The lowest BCUT2D eigenvalue weighted by atomic mass is 10.1. The standard InChI is InChI=1S/C17H12F3NO3S/c1-11-7-9-12(10-8-11)14-16(25(22,23)17(18,19)20)15(24-21-14)13-5-3-2-4-6-13/h2-10H,1H3. The second-order valence-corrected chi connectivity index (χ2v) is 7.25. The van der Waals surface area contributed by atoms with Crippen molar-refractivity contribution in [1.82, 2.24) is 5.16 Å². The highest BCUT2D eigenvalue weighted by atomic mass is 32.2. The van der Waals surface area contributed by atoms with Crippen LogP contribution in [0.1, 0.15) is 5.56 Å². The van der Waals surface area contributed by atoms with Crippen LogP contribution in [0, 0.1) is 6.92 Å². The predicted molar refractivity (Wildman–Crippen MR) is 85.4 cm³/mol. The van der Waals surface area contributed by atoms with Crippen molar-refractivity contribution in [2.24, 2.45) is 0 Å². The molecule has 0 spiro atoms. The minimum absolute atomic E-state index is 0.191. The van der Waals surface area contributed by atoms with Crippen LogP contribution in [0.4, 0.5) is 13.2 Å². The van der Waals surface area contributed by atoms with E-state index in [0.717, 1.165) is 5.56 Å². The average Bonchev–Trinajstić information content (AvgIpc) is 3.01. The molecule has 0 saturated heterocycles. The van der Waals surface area contributed by atoms with E-state index in [4.69, 9.17) is 4.52 Å². The van der Waals surface area contributed by atoms with Gasteiger partial charge >= 0.3 is 5.51 Å². The summed E-state index contributed by atoms with van der Waals surface area (Å²) in [5, 5.41) is 3.62. The van der Waals surface area contributed by atoms with Gasteiger partial charge in [0.15, 0.2) is 10.7 Å². The van der Waals surface area contributed by atoms with E-state index in [-0.39, 0.29) is 16.8 Å². The van der Waals surface area contributed by atoms with Crippen molar-refractivity contribution in [2.75, 3.05) is 0 Å². The summed E-state index contributed by atoms with van der Waals surface area (Å²) in [6.07, 6.45) is 0. The maximum absolute atomic E-state index is 13.2. The average molecular weight is 367 g/mol. The maximum Gasteiger partial charge on any atom is 0.502 e. The van der Waals surface area contributed by atoms with Crippen LogP contribution in [0.25, 0.3) is 22.6 Å². The number of sulfone groups is 1. The molecule has 4 nitrogen and oxygen atoms in total. The summed E-state index contributed by atoms with van der Waals surface area (Å²) >= 11 is 0. The number of alkyl halides is 3. The molecule has 1 aromatic heterocycles. The van der Waals surface area contributed by atoms with Crippen LogP contribution in [-0.2, 0) is 9.84 Å². The number of benzene rings is 2. The third kappa shape index (κ3) is 3.05. The second-order valence-electron chi connectivity index (χ2n) is 5.37. The zero-order valence-electron chi connectivity index (χ0n) is 12.9. The van der Waals surface area contributed by atoms with Gasteiger partial charge in [-0.05, 0) is 6.92 Å². The van der Waals surface area contributed by atoms with Crippen LogP contribution in [0.3, 0.4) is 0 Å². The number of nitrogens with zero attached hydrogens (tertiary/aromatic N) is 1. The minimum Gasteiger partial charge on any atom is -0.354 e. The van der Waals surface area contributed by atoms with Crippen LogP contribution in [0.2, 0.25) is 0 Å². The molecule has 0 fully saturated rings. The number of hydrogen-bond donors (Lipinski definition) is 0. The van der Waals surface area contributed by atoms with Gasteiger partial charge in [0.1, 0.15) is 5.69 Å². The molecule has 2 aromatic carbocycles. The van der Waals surface area contributed by atoms with Gasteiger partial charge in [0.05, 0.1) is 0 Å². The van der Waals surface area contributed by atoms with Crippen molar-refractivity contribution in [3.8, 4) is 22.6 Å². The SMILES string of the molecule is Cc1ccc(-c2noc(-c3ccccc3)c2S(=O)(=O)C(F)(F)F)cc1. The molecule has 0 atom stereocenters. The fourth-order valence-corrected chi connectivity index (χ4v) is 3.36. The molecule has 0 aliphatic heterocycles. The fraction of sp³-hybridized carbons (Fsp3) is 0.118. The fourth-order valence-electron chi connectivity index (χ4n) is 2.32. The Balaban J connectivity index is 2.31. The summed E-state index contributed by atoms with van der Waals surface area (Å²) < 4.78 is 68.9. The molecule has 130 valence electrons. The molecule has 0 unspecified atom stereocenters. The van der Waals surface area contributed by atoms with Crippen LogP contribution >= 0.6 is 0 Å². The first-order valence-electron chi connectivity index (χ1n) is 7.15. The minimum atomic E-state index is -5.66. The Bertz CT molecular complexity index is 992. The molecule has 8 heteroatoms. The topological polar surface area (TPSA) is 60.2 Å². The first kappa shape index (κ1) is 17.2. The molecule has 0 bridgehead atoms. The smallest absolute Gasteiger partial charge is 0.354 e. The quantitative estimate of drug-likeness (QED) is 0.678. The molecule has 0 radical (unpaired) electrons. The molecule has 0 aliphatic rings. The summed E-state index contributed by atoms with van der Waals surface area (Å²) in [5.74, 6) is -0.437. The first-order valence-corrected chi connectivity index (χ1v) is 8.63. The Hall–Kier alpha value is -2.61. The van der Waals surface area contributed by atoms with Crippen LogP contribution < -0.4 is 0 Å². The summed E-state index contributed by atoms with van der Waals surface area (Å²) in [6.45, 7) is 1.80. The van der Waals surface area contributed by atoms with Gasteiger partial charge in [-0.25, -0.2) is 8.42 Å². The normalized spacial score (nSPS) is 12.3. The van der Waals surface area contributed by atoms with Crippen LogP contribution in [0.5, 0.6) is 0 Å². The lowest BCUT2D eigenvalue weighted by molar-refractivity contribution is -0.0435. The van der Waals surface area contributed by atoms with Crippen molar-refractivity contribution < 1.29 is 26.1 Å². The van der Waals surface area contributed by atoms with Gasteiger partial charge < -0.3 is 4.52 Å². The summed E-state index contributed by atoms with van der Waals surface area (Å²) in [4.78, 5) is -0.977. The highest BCUT2D eigenvalue weighted by molar-refractivity contribution is 7.92. The highest BCUT2D eigenvalue weighted by Crippen LogP contribution is 2.41. The lowest BCUT2D eigenvalue weighted by Gasteiger charge is -2.09. The Kier molecular flexibility index (Phi) is 4.16. The van der Waals surface area contributed by atoms with Crippen molar-refractivity contribution in [3.63, 3.8) is 0 Å². The summed E-state index contributed by atoms with van der Waals surface area (Å²) in [6, 6.07) is 14.0. The van der Waals surface area contributed by atoms with Gasteiger partial charge in [0.2, 0.25) is 0 Å². The van der Waals surface area contributed by atoms with Gasteiger partial charge in [-0.3, -0.25) is 0 Å². The Morgan fingerprint density at radius 1 is 0.920 bits per heavy atom. The molecule has 0 aliphatic carbocycles. The van der Waals surface area contributed by atoms with E-state index < -0.39 is 26.0 Å². The predicted octanol–water partition coefficient (Wildman–Crippen LogP) is 4.61. The Morgan fingerprint density at radius 3 is 2.08 bits per heavy atom. The lowest BCUT2D eigenvalue weighted by Crippen LogP contribution is -2.24. The summed E-state index contributed by atoms with van der Waals surface area (Å²) in [7, 11) is -5.66. The molecule has 0 saturated carbocycles.